The second-order valence-corrected chi connectivity index (χ2v) is 5.71. The lowest BCUT2D eigenvalue weighted by atomic mass is 10.2. The molecule has 0 spiro atoms. The van der Waals surface area contributed by atoms with Gasteiger partial charge < -0.3 is 14.8 Å². The smallest absolute Gasteiger partial charge is 0.161 e. The Morgan fingerprint density at radius 3 is 2.80 bits per heavy atom. The van der Waals surface area contributed by atoms with Crippen molar-refractivity contribution in [3.8, 4) is 11.5 Å². The van der Waals surface area contributed by atoms with Gasteiger partial charge in [-0.3, -0.25) is 0 Å². The van der Waals surface area contributed by atoms with E-state index in [-0.39, 0.29) is 0 Å². The molecule has 0 saturated carbocycles. The first-order valence-electron chi connectivity index (χ1n) is 6.60. The van der Waals surface area contributed by atoms with Crippen molar-refractivity contribution < 1.29 is 9.47 Å². The van der Waals surface area contributed by atoms with Gasteiger partial charge in [0.1, 0.15) is 11.6 Å². The summed E-state index contributed by atoms with van der Waals surface area (Å²) in [6, 6.07) is 6.47. The number of ether oxygens (including phenoxy) is 2. The van der Waals surface area contributed by atoms with Gasteiger partial charge in [0.05, 0.1) is 7.11 Å². The lowest BCUT2D eigenvalue weighted by Crippen LogP contribution is -2.21. The van der Waals surface area contributed by atoms with Gasteiger partial charge in [0.15, 0.2) is 11.5 Å². The molecule has 1 N–H and O–H groups in total. The third-order valence-corrected chi connectivity index (χ3v) is 3.53. The van der Waals surface area contributed by atoms with Crippen molar-refractivity contribution in [1.29, 1.82) is 0 Å². The highest BCUT2D eigenvalue weighted by atomic mass is 32.1. The van der Waals surface area contributed by atoms with Crippen LogP contribution in [0.15, 0.2) is 29.8 Å². The Kier molecular flexibility index (Phi) is 5.38. The van der Waals surface area contributed by atoms with Gasteiger partial charge in [0.2, 0.25) is 0 Å². The number of aromatic nitrogens is 1. The van der Waals surface area contributed by atoms with Crippen LogP contribution in [0.5, 0.6) is 11.5 Å². The van der Waals surface area contributed by atoms with Crippen molar-refractivity contribution in [3.05, 3.63) is 40.3 Å². The number of thiazole rings is 1. The fourth-order valence-corrected chi connectivity index (χ4v) is 2.25. The Bertz CT molecular complexity index is 527. The number of methoxy groups -OCH3 is 1. The Labute approximate surface area is 123 Å². The first kappa shape index (κ1) is 14.8. The second kappa shape index (κ2) is 7.26. The minimum atomic E-state index is 0.460. The number of hydrogen-bond acceptors (Lipinski definition) is 5. The molecule has 1 heterocycles. The van der Waals surface area contributed by atoms with Crippen molar-refractivity contribution in [2.45, 2.75) is 33.0 Å². The molecule has 0 atom stereocenters. The molecule has 0 amide bonds. The molecule has 0 saturated heterocycles. The monoisotopic (exact) mass is 292 g/mol. The summed E-state index contributed by atoms with van der Waals surface area (Å²) in [5, 5.41) is 6.28. The zero-order chi connectivity index (χ0) is 14.4. The number of benzene rings is 1. The zero-order valence-electron chi connectivity index (χ0n) is 12.1. The van der Waals surface area contributed by atoms with Gasteiger partial charge in [-0.15, -0.1) is 11.3 Å². The Morgan fingerprint density at radius 1 is 1.30 bits per heavy atom. The average molecular weight is 292 g/mol. The average Bonchev–Trinajstić information content (AvgIpc) is 2.96. The summed E-state index contributed by atoms with van der Waals surface area (Å²) in [6.45, 7) is 5.55. The lowest BCUT2D eigenvalue weighted by molar-refractivity contribution is 0.284. The Hall–Kier alpha value is -1.59. The maximum atomic E-state index is 5.76. The molecule has 0 bridgehead atoms. The van der Waals surface area contributed by atoms with Crippen molar-refractivity contribution in [2.24, 2.45) is 0 Å². The minimum Gasteiger partial charge on any atom is -0.493 e. The predicted octanol–water partition coefficient (Wildman–Crippen LogP) is 3.23. The van der Waals surface area contributed by atoms with Crippen LogP contribution in [0, 0.1) is 0 Å². The van der Waals surface area contributed by atoms with Gasteiger partial charge >= 0.3 is 0 Å². The van der Waals surface area contributed by atoms with Gasteiger partial charge in [-0.05, 0) is 17.7 Å². The third kappa shape index (κ3) is 4.21. The molecule has 1 aromatic heterocycles. The van der Waals surface area contributed by atoms with Gasteiger partial charge in [-0.1, -0.05) is 19.9 Å². The molecule has 108 valence electrons. The third-order valence-electron chi connectivity index (χ3n) is 2.78. The molecule has 0 fully saturated rings. The molecular formula is C15H20N2O2S. The highest BCUT2D eigenvalue weighted by Gasteiger charge is 2.07. The van der Waals surface area contributed by atoms with Gasteiger partial charge in [0.25, 0.3) is 0 Å². The van der Waals surface area contributed by atoms with Crippen LogP contribution in [-0.4, -0.2) is 18.1 Å². The highest BCUT2D eigenvalue weighted by molar-refractivity contribution is 7.09. The van der Waals surface area contributed by atoms with E-state index in [0.717, 1.165) is 23.1 Å². The van der Waals surface area contributed by atoms with E-state index in [2.05, 4.69) is 30.2 Å². The van der Waals surface area contributed by atoms with Crippen LogP contribution in [0.4, 0.5) is 0 Å². The number of nitrogens with one attached hydrogen (secondary N) is 1. The molecule has 20 heavy (non-hydrogen) atoms. The number of rotatable bonds is 7. The largest absolute Gasteiger partial charge is 0.493 e. The molecule has 0 unspecified atom stereocenters. The lowest BCUT2D eigenvalue weighted by Gasteiger charge is -2.13. The molecule has 0 aliphatic rings. The van der Waals surface area contributed by atoms with Crippen molar-refractivity contribution in [3.63, 3.8) is 0 Å². The van der Waals surface area contributed by atoms with Crippen molar-refractivity contribution >= 4 is 11.3 Å². The van der Waals surface area contributed by atoms with Crippen molar-refractivity contribution in [2.75, 3.05) is 7.11 Å². The van der Waals surface area contributed by atoms with E-state index in [1.165, 1.54) is 5.56 Å². The minimum absolute atomic E-state index is 0.460. The van der Waals surface area contributed by atoms with E-state index in [9.17, 15) is 0 Å². The van der Waals surface area contributed by atoms with E-state index in [1.54, 1.807) is 24.6 Å². The molecule has 0 radical (unpaired) electrons. The van der Waals surface area contributed by atoms with E-state index in [0.29, 0.717) is 12.6 Å². The standard InChI is InChI=1S/C15H20N2O2S/c1-11(2)17-9-12-4-5-13(14(8-12)18-3)19-10-15-16-6-7-20-15/h4-8,11,17H,9-10H2,1-3H3. The van der Waals surface area contributed by atoms with Crippen LogP contribution in [0.3, 0.4) is 0 Å². The van der Waals surface area contributed by atoms with Crippen LogP contribution >= 0.6 is 11.3 Å². The fraction of sp³-hybridized carbons (Fsp3) is 0.400. The topological polar surface area (TPSA) is 43.4 Å². The maximum absolute atomic E-state index is 5.76. The maximum Gasteiger partial charge on any atom is 0.161 e. The van der Waals surface area contributed by atoms with Gasteiger partial charge in [0, 0.05) is 24.2 Å². The Morgan fingerprint density at radius 2 is 2.15 bits per heavy atom. The molecule has 0 aliphatic heterocycles. The number of nitrogens with zero attached hydrogens (tertiary/aromatic N) is 1. The summed E-state index contributed by atoms with van der Waals surface area (Å²) < 4.78 is 11.1. The molecular weight excluding hydrogens is 272 g/mol. The van der Waals surface area contributed by atoms with E-state index in [1.807, 2.05) is 17.5 Å². The van der Waals surface area contributed by atoms with Crippen LogP contribution in [0.25, 0.3) is 0 Å². The summed E-state index contributed by atoms with van der Waals surface area (Å²) in [7, 11) is 1.66. The zero-order valence-corrected chi connectivity index (χ0v) is 12.9. The summed E-state index contributed by atoms with van der Waals surface area (Å²) in [5.41, 5.74) is 1.18. The van der Waals surface area contributed by atoms with Crippen molar-refractivity contribution in [1.82, 2.24) is 10.3 Å². The van der Waals surface area contributed by atoms with Gasteiger partial charge in [-0.2, -0.15) is 0 Å². The van der Waals surface area contributed by atoms with E-state index < -0.39 is 0 Å². The van der Waals surface area contributed by atoms with Crippen LogP contribution < -0.4 is 14.8 Å². The second-order valence-electron chi connectivity index (χ2n) is 4.74. The highest BCUT2D eigenvalue weighted by Crippen LogP contribution is 2.29. The van der Waals surface area contributed by atoms with Crippen LogP contribution in [0.2, 0.25) is 0 Å². The molecule has 4 nitrogen and oxygen atoms in total. The molecule has 2 aromatic rings. The number of hydrogen-bond donors (Lipinski definition) is 1. The predicted molar refractivity (Wildman–Crippen MR) is 81.4 cm³/mol. The normalized spacial score (nSPS) is 10.8. The molecule has 2 rings (SSSR count). The van der Waals surface area contributed by atoms with Gasteiger partial charge in [-0.25, -0.2) is 4.98 Å². The first-order chi connectivity index (χ1) is 9.69. The summed E-state index contributed by atoms with van der Waals surface area (Å²) in [6.07, 6.45) is 1.78. The Balaban J connectivity index is 2.01. The quantitative estimate of drug-likeness (QED) is 0.851. The molecule has 0 aliphatic carbocycles. The summed E-state index contributed by atoms with van der Waals surface area (Å²) >= 11 is 1.58. The summed E-state index contributed by atoms with van der Waals surface area (Å²) in [4.78, 5) is 4.20. The fourth-order valence-electron chi connectivity index (χ4n) is 1.73. The summed E-state index contributed by atoms with van der Waals surface area (Å²) in [5.74, 6) is 1.50. The SMILES string of the molecule is COc1cc(CNC(C)C)ccc1OCc1nccs1. The molecule has 5 heteroatoms. The first-order valence-corrected chi connectivity index (χ1v) is 7.48. The van der Waals surface area contributed by atoms with E-state index >= 15 is 0 Å². The van der Waals surface area contributed by atoms with Crippen LogP contribution in [-0.2, 0) is 13.2 Å². The van der Waals surface area contributed by atoms with E-state index in [4.69, 9.17) is 9.47 Å². The molecule has 1 aromatic carbocycles. The van der Waals surface area contributed by atoms with Crippen LogP contribution in [0.1, 0.15) is 24.4 Å².